The van der Waals surface area contributed by atoms with Gasteiger partial charge in [0, 0.05) is 35.1 Å². The minimum Gasteiger partial charge on any atom is -0.398 e. The SMILES string of the molecule is Nc1ccccc1CNc1cccc(-c2nccs2)c1. The van der Waals surface area contributed by atoms with E-state index >= 15 is 0 Å². The van der Waals surface area contributed by atoms with Crippen molar-refractivity contribution in [3.05, 3.63) is 65.7 Å². The van der Waals surface area contributed by atoms with E-state index in [4.69, 9.17) is 5.73 Å². The molecular formula is C16H15N3S. The summed E-state index contributed by atoms with van der Waals surface area (Å²) in [7, 11) is 0. The van der Waals surface area contributed by atoms with Gasteiger partial charge in [0.15, 0.2) is 0 Å². The van der Waals surface area contributed by atoms with Crippen LogP contribution in [-0.4, -0.2) is 4.98 Å². The molecule has 0 aliphatic rings. The smallest absolute Gasteiger partial charge is 0.123 e. The van der Waals surface area contributed by atoms with Gasteiger partial charge < -0.3 is 11.1 Å². The molecule has 4 heteroatoms. The number of rotatable bonds is 4. The Morgan fingerprint density at radius 3 is 2.80 bits per heavy atom. The number of benzene rings is 2. The van der Waals surface area contributed by atoms with E-state index in [1.54, 1.807) is 11.3 Å². The lowest BCUT2D eigenvalue weighted by Crippen LogP contribution is -2.02. The minimum absolute atomic E-state index is 0.716. The molecule has 100 valence electrons. The Morgan fingerprint density at radius 1 is 1.10 bits per heavy atom. The normalized spacial score (nSPS) is 10.4. The molecule has 0 unspecified atom stereocenters. The third kappa shape index (κ3) is 2.81. The van der Waals surface area contributed by atoms with Crippen LogP contribution >= 0.6 is 11.3 Å². The summed E-state index contributed by atoms with van der Waals surface area (Å²) in [6.07, 6.45) is 1.82. The van der Waals surface area contributed by atoms with Crippen LogP contribution in [0.2, 0.25) is 0 Å². The fourth-order valence-corrected chi connectivity index (χ4v) is 2.66. The Balaban J connectivity index is 1.75. The highest BCUT2D eigenvalue weighted by atomic mass is 32.1. The van der Waals surface area contributed by atoms with Crippen molar-refractivity contribution >= 4 is 22.7 Å². The number of nitrogens with one attached hydrogen (secondary N) is 1. The van der Waals surface area contributed by atoms with Crippen LogP contribution in [0, 0.1) is 0 Å². The van der Waals surface area contributed by atoms with Crippen LogP contribution in [0.15, 0.2) is 60.1 Å². The van der Waals surface area contributed by atoms with Crippen LogP contribution in [0.1, 0.15) is 5.56 Å². The monoisotopic (exact) mass is 281 g/mol. The molecule has 0 aliphatic heterocycles. The Bertz CT molecular complexity index is 692. The number of nitrogens with two attached hydrogens (primary N) is 1. The van der Waals surface area contributed by atoms with Crippen molar-refractivity contribution in [2.45, 2.75) is 6.54 Å². The van der Waals surface area contributed by atoms with Crippen molar-refractivity contribution in [3.8, 4) is 10.6 Å². The lowest BCUT2D eigenvalue weighted by Gasteiger charge is -2.09. The first-order valence-corrected chi connectivity index (χ1v) is 7.28. The first-order chi connectivity index (χ1) is 9.83. The summed E-state index contributed by atoms with van der Waals surface area (Å²) in [6, 6.07) is 16.2. The minimum atomic E-state index is 0.716. The van der Waals surface area contributed by atoms with Crippen molar-refractivity contribution < 1.29 is 0 Å². The predicted octanol–water partition coefficient (Wildman–Crippen LogP) is 4.00. The standard InChI is InChI=1S/C16H15N3S/c17-15-7-2-1-4-13(15)11-19-14-6-3-5-12(10-14)16-18-8-9-20-16/h1-10,19H,11,17H2. The van der Waals surface area contributed by atoms with Crippen molar-refractivity contribution in [1.29, 1.82) is 0 Å². The number of thiazole rings is 1. The second kappa shape index (κ2) is 5.75. The van der Waals surface area contributed by atoms with Gasteiger partial charge in [0.25, 0.3) is 0 Å². The van der Waals surface area contributed by atoms with Crippen LogP contribution in [-0.2, 0) is 6.54 Å². The number of hydrogen-bond acceptors (Lipinski definition) is 4. The number of aromatic nitrogens is 1. The zero-order valence-electron chi connectivity index (χ0n) is 10.9. The lowest BCUT2D eigenvalue weighted by atomic mass is 10.1. The van der Waals surface area contributed by atoms with E-state index in [1.807, 2.05) is 41.9 Å². The van der Waals surface area contributed by atoms with Gasteiger partial charge in [-0.05, 0) is 23.8 Å². The number of anilines is 2. The van der Waals surface area contributed by atoms with Crippen LogP contribution in [0.3, 0.4) is 0 Å². The molecule has 3 aromatic rings. The van der Waals surface area contributed by atoms with E-state index in [0.29, 0.717) is 6.54 Å². The van der Waals surface area contributed by atoms with Gasteiger partial charge in [-0.25, -0.2) is 4.98 Å². The van der Waals surface area contributed by atoms with Crippen molar-refractivity contribution in [2.75, 3.05) is 11.1 Å². The molecule has 1 aromatic heterocycles. The summed E-state index contributed by atoms with van der Waals surface area (Å²) in [5, 5.41) is 6.42. The molecule has 1 heterocycles. The summed E-state index contributed by atoms with van der Waals surface area (Å²) in [6.45, 7) is 0.716. The van der Waals surface area contributed by atoms with E-state index in [9.17, 15) is 0 Å². The maximum absolute atomic E-state index is 5.94. The van der Waals surface area contributed by atoms with Crippen molar-refractivity contribution in [3.63, 3.8) is 0 Å². The molecule has 20 heavy (non-hydrogen) atoms. The fraction of sp³-hybridized carbons (Fsp3) is 0.0625. The number of nitrogens with zero attached hydrogens (tertiary/aromatic N) is 1. The quantitative estimate of drug-likeness (QED) is 0.711. The van der Waals surface area contributed by atoms with Gasteiger partial charge in [-0.1, -0.05) is 30.3 Å². The molecule has 0 saturated heterocycles. The first kappa shape index (κ1) is 12.7. The molecule has 0 fully saturated rings. The largest absolute Gasteiger partial charge is 0.398 e. The third-order valence-corrected chi connectivity index (χ3v) is 3.90. The number of para-hydroxylation sites is 1. The van der Waals surface area contributed by atoms with E-state index in [1.165, 1.54) is 0 Å². The van der Waals surface area contributed by atoms with Gasteiger partial charge in [0.2, 0.25) is 0 Å². The summed E-state index contributed by atoms with van der Waals surface area (Å²) in [4.78, 5) is 4.33. The third-order valence-electron chi connectivity index (χ3n) is 3.08. The highest BCUT2D eigenvalue weighted by Crippen LogP contribution is 2.24. The van der Waals surface area contributed by atoms with Gasteiger partial charge in [0.05, 0.1) is 0 Å². The lowest BCUT2D eigenvalue weighted by molar-refractivity contribution is 1.15. The Kier molecular flexibility index (Phi) is 3.65. The number of nitrogen functional groups attached to an aromatic ring is 1. The van der Waals surface area contributed by atoms with Gasteiger partial charge in [0.1, 0.15) is 5.01 Å². The van der Waals surface area contributed by atoms with Gasteiger partial charge in [-0.3, -0.25) is 0 Å². The maximum Gasteiger partial charge on any atom is 0.123 e. The topological polar surface area (TPSA) is 50.9 Å². The molecule has 0 saturated carbocycles. The molecule has 3 nitrogen and oxygen atoms in total. The predicted molar refractivity (Wildman–Crippen MR) is 85.7 cm³/mol. The molecule has 0 spiro atoms. The zero-order valence-corrected chi connectivity index (χ0v) is 11.7. The Labute approximate surface area is 122 Å². The first-order valence-electron chi connectivity index (χ1n) is 6.40. The van der Waals surface area contributed by atoms with Crippen LogP contribution in [0.25, 0.3) is 10.6 Å². The molecular weight excluding hydrogens is 266 g/mol. The van der Waals surface area contributed by atoms with Crippen molar-refractivity contribution in [1.82, 2.24) is 4.98 Å². The zero-order chi connectivity index (χ0) is 13.8. The summed E-state index contributed by atoms with van der Waals surface area (Å²) in [5.41, 5.74) is 10.1. The highest BCUT2D eigenvalue weighted by molar-refractivity contribution is 7.13. The molecule has 0 aliphatic carbocycles. The fourth-order valence-electron chi connectivity index (χ4n) is 2.02. The Hall–Kier alpha value is -2.33. The summed E-state index contributed by atoms with van der Waals surface area (Å²) in [5.74, 6) is 0. The molecule has 0 amide bonds. The van der Waals surface area contributed by atoms with E-state index < -0.39 is 0 Å². The average Bonchev–Trinajstić information content (AvgIpc) is 3.01. The second-order valence-corrected chi connectivity index (χ2v) is 5.36. The van der Waals surface area contributed by atoms with Crippen LogP contribution in [0.5, 0.6) is 0 Å². The van der Waals surface area contributed by atoms with Gasteiger partial charge >= 0.3 is 0 Å². The van der Waals surface area contributed by atoms with E-state index in [2.05, 4.69) is 28.5 Å². The van der Waals surface area contributed by atoms with Gasteiger partial charge in [-0.15, -0.1) is 11.3 Å². The molecule has 3 N–H and O–H groups in total. The van der Waals surface area contributed by atoms with Crippen LogP contribution < -0.4 is 11.1 Å². The number of hydrogen-bond donors (Lipinski definition) is 2. The molecule has 3 rings (SSSR count). The average molecular weight is 281 g/mol. The van der Waals surface area contributed by atoms with E-state index in [0.717, 1.165) is 27.5 Å². The molecule has 0 bridgehead atoms. The van der Waals surface area contributed by atoms with Crippen LogP contribution in [0.4, 0.5) is 11.4 Å². The second-order valence-electron chi connectivity index (χ2n) is 4.47. The maximum atomic E-state index is 5.94. The summed E-state index contributed by atoms with van der Waals surface area (Å²) < 4.78 is 0. The highest BCUT2D eigenvalue weighted by Gasteiger charge is 2.02. The summed E-state index contributed by atoms with van der Waals surface area (Å²) >= 11 is 1.64. The van der Waals surface area contributed by atoms with Crippen molar-refractivity contribution in [2.24, 2.45) is 0 Å². The van der Waals surface area contributed by atoms with E-state index in [-0.39, 0.29) is 0 Å². The molecule has 2 aromatic carbocycles. The molecule has 0 atom stereocenters. The van der Waals surface area contributed by atoms with Gasteiger partial charge in [-0.2, -0.15) is 0 Å². The molecule has 0 radical (unpaired) electrons. The Morgan fingerprint density at radius 2 is 2.00 bits per heavy atom.